The van der Waals surface area contributed by atoms with Gasteiger partial charge in [0.25, 0.3) is 0 Å². The van der Waals surface area contributed by atoms with Crippen molar-refractivity contribution >= 4 is 20.7 Å². The minimum absolute atomic E-state index is 0.145. The van der Waals surface area contributed by atoms with E-state index in [1.165, 1.54) is 16.8 Å². The summed E-state index contributed by atoms with van der Waals surface area (Å²) in [5.41, 5.74) is -0.392. The van der Waals surface area contributed by atoms with Crippen LogP contribution in [0.25, 0.3) is 0 Å². The van der Waals surface area contributed by atoms with Crippen LogP contribution in [0, 0.1) is 0 Å². The zero-order valence-corrected chi connectivity index (χ0v) is 12.5. The van der Waals surface area contributed by atoms with Crippen molar-refractivity contribution in [2.45, 2.75) is 24.5 Å². The van der Waals surface area contributed by atoms with Gasteiger partial charge >= 0.3 is 123 Å². The van der Waals surface area contributed by atoms with Crippen molar-refractivity contribution in [2.75, 3.05) is 20.4 Å². The zero-order chi connectivity index (χ0) is 14.7. The van der Waals surface area contributed by atoms with Gasteiger partial charge in [-0.3, -0.25) is 0 Å². The van der Waals surface area contributed by atoms with Gasteiger partial charge in [-0.25, -0.2) is 0 Å². The van der Waals surface area contributed by atoms with Crippen LogP contribution >= 0.6 is 0 Å². The number of nitrogens with zero attached hydrogens (tertiary/aromatic N) is 2. The first-order valence-corrected chi connectivity index (χ1v) is 6.90. The maximum atomic E-state index is 11.1. The second-order valence-corrected chi connectivity index (χ2v) is 5.14. The molecule has 4 atom stereocenters. The molecule has 1 aliphatic rings. The Balaban J connectivity index is 2.11. The van der Waals surface area contributed by atoms with E-state index in [-0.39, 0.29) is 11.3 Å². The van der Waals surface area contributed by atoms with Gasteiger partial charge in [0, 0.05) is 0 Å². The Labute approximate surface area is 123 Å². The van der Waals surface area contributed by atoms with Crippen LogP contribution in [0.2, 0.25) is 0 Å². The molecule has 0 amide bonds. The summed E-state index contributed by atoms with van der Waals surface area (Å²) < 4.78 is 12.6. The first-order valence-electron chi connectivity index (χ1n) is 6.04. The van der Waals surface area contributed by atoms with Gasteiger partial charge in [0.1, 0.15) is 0 Å². The quantitative estimate of drug-likeness (QED) is 0.293. The molecule has 1 radical (unpaired) electrons. The van der Waals surface area contributed by atoms with E-state index in [0.29, 0.717) is 6.73 Å². The van der Waals surface area contributed by atoms with E-state index < -0.39 is 30.1 Å². The Morgan fingerprint density at radius 1 is 1.55 bits per heavy atom. The molecule has 20 heavy (non-hydrogen) atoms. The number of hydrogen-bond acceptors (Lipinski definition) is 7. The summed E-state index contributed by atoms with van der Waals surface area (Å²) in [4.78, 5) is 14.8. The fraction of sp³-hybridized carbons (Fsp3) is 0.636. The average Bonchev–Trinajstić information content (AvgIpc) is 2.68. The Morgan fingerprint density at radius 2 is 2.30 bits per heavy atom. The molecule has 3 N–H and O–H groups in total. The number of rotatable bonds is 5. The van der Waals surface area contributed by atoms with Crippen LogP contribution in [0.3, 0.4) is 0 Å². The number of aliphatic hydroxyl groups excluding tert-OH is 2. The molecular formula is C11H16N3O5Se. The number of ether oxygens (including phenoxy) is 2. The molecule has 1 fully saturated rings. The minimum atomic E-state index is -1.13. The fourth-order valence-corrected chi connectivity index (χ4v) is 2.50. The normalized spacial score (nSPS) is 29.8. The van der Waals surface area contributed by atoms with Crippen LogP contribution in [0.5, 0.6) is 0 Å². The third-order valence-electron chi connectivity index (χ3n) is 2.94. The molecule has 0 bridgehead atoms. The van der Waals surface area contributed by atoms with E-state index in [1.807, 2.05) is 0 Å². The molecule has 2 rings (SSSR count). The van der Waals surface area contributed by atoms with Crippen molar-refractivity contribution in [3.8, 4) is 0 Å². The van der Waals surface area contributed by atoms with Gasteiger partial charge in [0.2, 0.25) is 0 Å². The standard InChI is InChI=1S/C11H16N3O5Se/c1-12-5-18-4-6-8(16)9(17)10(19-6)14-3-2-7(15)13-11(14)20/h2-3,6,8-10,12,16-17H,4-5H2,1H3/t6-,8-,9-,10-/m1/s1. The van der Waals surface area contributed by atoms with E-state index in [1.54, 1.807) is 7.05 Å². The molecule has 0 unspecified atom stereocenters. The molecular weight excluding hydrogens is 333 g/mol. The number of aliphatic hydroxyl groups is 2. The zero-order valence-electron chi connectivity index (χ0n) is 10.8. The molecule has 0 aromatic carbocycles. The molecule has 1 saturated heterocycles. The van der Waals surface area contributed by atoms with Crippen molar-refractivity contribution in [3.05, 3.63) is 22.6 Å². The summed E-state index contributed by atoms with van der Waals surface area (Å²) in [5, 5.41) is 22.8. The van der Waals surface area contributed by atoms with Crippen molar-refractivity contribution in [3.63, 3.8) is 0 Å². The third kappa shape index (κ3) is 3.26. The summed E-state index contributed by atoms with van der Waals surface area (Å²) in [5.74, 6) is 0. The molecule has 1 aromatic rings. The third-order valence-corrected chi connectivity index (χ3v) is 3.58. The summed E-state index contributed by atoms with van der Waals surface area (Å²) in [6.45, 7) is 0.464. The van der Waals surface area contributed by atoms with Crippen molar-refractivity contribution in [2.24, 2.45) is 0 Å². The molecule has 0 saturated carbocycles. The maximum absolute atomic E-state index is 11.1. The van der Waals surface area contributed by atoms with Crippen molar-refractivity contribution in [1.82, 2.24) is 14.9 Å². The number of aromatic nitrogens is 2. The molecule has 0 spiro atoms. The number of nitrogens with one attached hydrogen (secondary N) is 1. The summed E-state index contributed by atoms with van der Waals surface area (Å²) in [6, 6.07) is 1.26. The summed E-state index contributed by atoms with van der Waals surface area (Å²) >= 11 is 2.63. The molecule has 0 aliphatic carbocycles. The Kier molecular flexibility index (Phi) is 5.28. The monoisotopic (exact) mass is 350 g/mol. The van der Waals surface area contributed by atoms with Crippen LogP contribution in [-0.4, -0.2) is 74.5 Å². The summed E-state index contributed by atoms with van der Waals surface area (Å²) in [7, 11) is 1.73. The number of hydrogen-bond donors (Lipinski definition) is 3. The first-order chi connectivity index (χ1) is 9.54. The first kappa shape index (κ1) is 15.6. The van der Waals surface area contributed by atoms with Gasteiger partial charge < -0.3 is 0 Å². The van der Waals surface area contributed by atoms with E-state index >= 15 is 0 Å². The topological polar surface area (TPSA) is 106 Å². The second-order valence-electron chi connectivity index (χ2n) is 4.37. The molecule has 8 nitrogen and oxygen atoms in total. The van der Waals surface area contributed by atoms with Gasteiger partial charge in [-0.2, -0.15) is 0 Å². The van der Waals surface area contributed by atoms with Crippen LogP contribution in [0.1, 0.15) is 6.23 Å². The van der Waals surface area contributed by atoms with E-state index in [4.69, 9.17) is 9.47 Å². The van der Waals surface area contributed by atoms with E-state index in [9.17, 15) is 15.0 Å². The van der Waals surface area contributed by atoms with Gasteiger partial charge in [0.15, 0.2) is 0 Å². The molecule has 9 heteroatoms. The van der Waals surface area contributed by atoms with Crippen molar-refractivity contribution in [1.29, 1.82) is 0 Å². The van der Waals surface area contributed by atoms with Crippen LogP contribution in [0.15, 0.2) is 17.1 Å². The molecule has 1 aromatic heterocycles. The Bertz CT molecular complexity index is 511. The molecule has 2 heterocycles. The predicted molar refractivity (Wildman–Crippen MR) is 69.7 cm³/mol. The fourth-order valence-electron chi connectivity index (χ4n) is 1.96. The van der Waals surface area contributed by atoms with E-state index in [0.717, 1.165) is 0 Å². The predicted octanol–water partition coefficient (Wildman–Crippen LogP) is -3.15. The van der Waals surface area contributed by atoms with E-state index in [2.05, 4.69) is 26.3 Å². The SMILES string of the molecule is CNCOC[C@H]1O[C@@H](n2ccc(=O)nc2[Se])[C@H](O)[C@@H]1O. The Morgan fingerprint density at radius 3 is 2.95 bits per heavy atom. The van der Waals surface area contributed by atoms with Gasteiger partial charge in [-0.15, -0.1) is 0 Å². The van der Waals surface area contributed by atoms with Crippen LogP contribution in [-0.2, 0) is 9.47 Å². The van der Waals surface area contributed by atoms with Gasteiger partial charge in [0.05, 0.1) is 0 Å². The van der Waals surface area contributed by atoms with Crippen LogP contribution in [0.4, 0.5) is 0 Å². The second kappa shape index (κ2) is 6.77. The van der Waals surface area contributed by atoms with Crippen LogP contribution < -0.4 is 15.6 Å². The Hall–Kier alpha value is -0.801. The van der Waals surface area contributed by atoms with Gasteiger partial charge in [-0.05, 0) is 0 Å². The van der Waals surface area contributed by atoms with Crippen molar-refractivity contribution < 1.29 is 19.7 Å². The summed E-state index contributed by atoms with van der Waals surface area (Å²) in [6.07, 6.45) is -2.22. The molecule has 111 valence electrons. The molecule has 1 aliphatic heterocycles. The van der Waals surface area contributed by atoms with Gasteiger partial charge in [-0.1, -0.05) is 0 Å². The average molecular weight is 349 g/mol.